The maximum Gasteiger partial charge on any atom is 0.333 e. The molecule has 0 aromatic carbocycles. The molecule has 1 aromatic rings. The monoisotopic (exact) mass is 123 g/mol. The quantitative estimate of drug-likeness (QED) is 0.442. The van der Waals surface area contributed by atoms with Gasteiger partial charge in [-0.2, -0.15) is 0 Å². The summed E-state index contributed by atoms with van der Waals surface area (Å²) in [5, 5.41) is 7.18. The first kappa shape index (κ1) is 4.81. The Morgan fingerprint density at radius 2 is 2.56 bits per heavy atom. The third-order valence-corrected chi connectivity index (χ3v) is 1.34. The van der Waals surface area contributed by atoms with E-state index in [4.69, 9.17) is 0 Å². The lowest BCUT2D eigenvalue weighted by atomic mass is 10.6. The summed E-state index contributed by atoms with van der Waals surface area (Å²) in [5.41, 5.74) is 0. The number of nitrogens with zero attached hydrogens (tertiary/aromatic N) is 3. The van der Waals surface area contributed by atoms with E-state index in [0.717, 1.165) is 19.0 Å². The van der Waals surface area contributed by atoms with Crippen LogP contribution >= 0.6 is 0 Å². The molecule has 9 heavy (non-hydrogen) atoms. The maximum atomic E-state index is 4.10. The van der Waals surface area contributed by atoms with E-state index in [9.17, 15) is 0 Å². The van der Waals surface area contributed by atoms with Crippen molar-refractivity contribution in [3.63, 3.8) is 0 Å². The van der Waals surface area contributed by atoms with Crippen molar-refractivity contribution in [2.45, 2.75) is 13.2 Å². The van der Waals surface area contributed by atoms with E-state index in [1.54, 1.807) is 12.4 Å². The Bertz CT molecular complexity index is 199. The van der Waals surface area contributed by atoms with Crippen LogP contribution in [0.25, 0.3) is 0 Å². The Labute approximate surface area is 52.5 Å². The molecule has 0 amide bonds. The summed E-state index contributed by atoms with van der Waals surface area (Å²) in [7, 11) is 0. The third kappa shape index (κ3) is 0.675. The molecule has 1 aromatic heterocycles. The molecule has 46 valence electrons. The Morgan fingerprint density at radius 1 is 1.56 bits per heavy atom. The van der Waals surface area contributed by atoms with Gasteiger partial charge in [0.05, 0.1) is 0 Å². The van der Waals surface area contributed by atoms with Crippen LogP contribution in [0.15, 0.2) is 12.4 Å². The highest BCUT2D eigenvalue weighted by Gasteiger charge is 2.17. The highest BCUT2D eigenvalue weighted by atomic mass is 15.4. The predicted octanol–water partition coefficient (Wildman–Crippen LogP) is -1.18. The normalized spacial score (nSPS) is 15.6. The summed E-state index contributed by atoms with van der Waals surface area (Å²) in [5.74, 6) is 1.01. The molecule has 4 heteroatoms. The van der Waals surface area contributed by atoms with Crippen molar-refractivity contribution >= 4 is 0 Å². The summed E-state index contributed by atoms with van der Waals surface area (Å²) in [4.78, 5) is 4.10. The van der Waals surface area contributed by atoms with Crippen LogP contribution in [-0.2, 0) is 13.2 Å². The lowest BCUT2D eigenvalue weighted by Crippen LogP contribution is -2.39. The summed E-state index contributed by atoms with van der Waals surface area (Å²) >= 11 is 0. The minimum Gasteiger partial charge on any atom is -0.268 e. The first-order valence-electron chi connectivity index (χ1n) is 2.87. The predicted molar refractivity (Wildman–Crippen MR) is 29.1 cm³/mol. The summed E-state index contributed by atoms with van der Waals surface area (Å²) < 4.78 is 1.85. The van der Waals surface area contributed by atoms with Crippen molar-refractivity contribution in [1.82, 2.24) is 15.4 Å². The molecule has 1 aliphatic rings. The molecule has 0 unspecified atom stereocenters. The number of hydrogen-bond acceptors (Lipinski definition) is 3. The van der Waals surface area contributed by atoms with Crippen molar-refractivity contribution in [3.05, 3.63) is 18.2 Å². The topological polar surface area (TPSA) is 41.7 Å². The van der Waals surface area contributed by atoms with E-state index in [0.29, 0.717) is 0 Å². The van der Waals surface area contributed by atoms with Crippen LogP contribution in [0.1, 0.15) is 5.82 Å². The van der Waals surface area contributed by atoms with Crippen LogP contribution in [0.2, 0.25) is 0 Å². The van der Waals surface area contributed by atoms with Gasteiger partial charge in [-0.3, -0.25) is 5.32 Å². The maximum absolute atomic E-state index is 4.10. The first-order valence-corrected chi connectivity index (χ1v) is 2.87. The van der Waals surface area contributed by atoms with E-state index in [-0.39, 0.29) is 0 Å². The van der Waals surface area contributed by atoms with E-state index < -0.39 is 0 Å². The fourth-order valence-corrected chi connectivity index (χ4v) is 0.906. The Kier molecular flexibility index (Phi) is 0.927. The number of aromatic nitrogens is 3. The van der Waals surface area contributed by atoms with Crippen molar-refractivity contribution in [3.8, 4) is 0 Å². The van der Waals surface area contributed by atoms with Crippen LogP contribution < -0.4 is 10.00 Å². The van der Waals surface area contributed by atoms with Crippen LogP contribution in [0.4, 0.5) is 0 Å². The molecule has 0 fully saturated rings. The van der Waals surface area contributed by atoms with Gasteiger partial charge < -0.3 is 0 Å². The fraction of sp³-hybridized carbons (Fsp3) is 0.400. The van der Waals surface area contributed by atoms with Gasteiger partial charge in [-0.1, -0.05) is 5.10 Å². The number of fused-ring (bicyclic) bond motifs is 1. The molecule has 0 atom stereocenters. The average Bonchev–Trinajstić information content (AvgIpc) is 2.33. The zero-order chi connectivity index (χ0) is 6.10. The molecule has 2 heterocycles. The lowest BCUT2D eigenvalue weighted by molar-refractivity contribution is -0.753. The number of nitrogens with one attached hydrogen (secondary N) is 1. The molecule has 1 aliphatic heterocycles. The molecule has 2 rings (SSSR count). The second-order valence-corrected chi connectivity index (χ2v) is 1.94. The van der Waals surface area contributed by atoms with Gasteiger partial charge in [0.2, 0.25) is 0 Å². The van der Waals surface area contributed by atoms with Gasteiger partial charge in [-0.05, 0) is 4.98 Å². The molecular formula is C5H7N4+. The largest absolute Gasteiger partial charge is 0.333 e. The number of hydrogen-bond donors (Lipinski definition) is 1. The Hall–Kier alpha value is -1.03. The Balaban J connectivity index is 2.54. The molecule has 0 saturated carbocycles. The molecule has 0 aliphatic carbocycles. The molecule has 0 saturated heterocycles. The molecule has 0 radical (unpaired) electrons. The lowest BCUT2D eigenvalue weighted by Gasteiger charge is -1.83. The smallest absolute Gasteiger partial charge is 0.268 e. The van der Waals surface area contributed by atoms with Crippen LogP contribution in [0, 0.1) is 0 Å². The standard InChI is InChI=1S/C5H7N4/c1-2-8-9-4-6-3-5(9)7-1/h1-2,6H,3-4H2/q+1. The minimum atomic E-state index is 0.795. The van der Waals surface area contributed by atoms with Crippen LogP contribution in [0.5, 0.6) is 0 Å². The Morgan fingerprint density at radius 3 is 3.44 bits per heavy atom. The van der Waals surface area contributed by atoms with E-state index in [1.165, 1.54) is 0 Å². The van der Waals surface area contributed by atoms with Gasteiger partial charge in [-0.15, -0.1) is 4.68 Å². The third-order valence-electron chi connectivity index (χ3n) is 1.34. The number of rotatable bonds is 0. The van der Waals surface area contributed by atoms with Gasteiger partial charge in [0.1, 0.15) is 12.7 Å². The van der Waals surface area contributed by atoms with Crippen molar-refractivity contribution in [1.29, 1.82) is 0 Å². The van der Waals surface area contributed by atoms with Crippen molar-refractivity contribution in [2.75, 3.05) is 0 Å². The highest BCUT2D eigenvalue weighted by molar-refractivity contribution is 4.74. The SMILES string of the molecule is c1cn[n+]2c(n1)CNC2. The zero-order valence-corrected chi connectivity index (χ0v) is 4.91. The van der Waals surface area contributed by atoms with Crippen molar-refractivity contribution in [2.24, 2.45) is 0 Å². The summed E-state index contributed by atoms with van der Waals surface area (Å²) in [6, 6.07) is 0. The molecule has 0 spiro atoms. The fourth-order valence-electron chi connectivity index (χ4n) is 0.906. The molecule has 0 bridgehead atoms. The second-order valence-electron chi connectivity index (χ2n) is 1.94. The second kappa shape index (κ2) is 1.73. The van der Waals surface area contributed by atoms with Crippen molar-refractivity contribution < 1.29 is 4.68 Å². The highest BCUT2D eigenvalue weighted by Crippen LogP contribution is 1.86. The van der Waals surface area contributed by atoms with E-state index >= 15 is 0 Å². The van der Waals surface area contributed by atoms with Gasteiger partial charge >= 0.3 is 5.82 Å². The molecule has 1 N–H and O–H groups in total. The van der Waals surface area contributed by atoms with Gasteiger partial charge in [0.25, 0.3) is 0 Å². The molecular weight excluding hydrogens is 116 g/mol. The summed E-state index contributed by atoms with van der Waals surface area (Å²) in [6.45, 7) is 1.64. The van der Waals surface area contributed by atoms with Gasteiger partial charge in [0.15, 0.2) is 12.9 Å². The minimum absolute atomic E-state index is 0.795. The van der Waals surface area contributed by atoms with Gasteiger partial charge in [-0.25, -0.2) is 0 Å². The zero-order valence-electron chi connectivity index (χ0n) is 4.91. The van der Waals surface area contributed by atoms with Crippen LogP contribution in [0.3, 0.4) is 0 Å². The van der Waals surface area contributed by atoms with E-state index in [2.05, 4.69) is 15.4 Å². The van der Waals surface area contributed by atoms with Crippen LogP contribution in [-0.4, -0.2) is 10.1 Å². The average molecular weight is 123 g/mol. The first-order chi connectivity index (χ1) is 4.47. The van der Waals surface area contributed by atoms with Gasteiger partial charge in [0, 0.05) is 0 Å². The summed E-state index contributed by atoms with van der Waals surface area (Å²) in [6.07, 6.45) is 3.40. The molecule has 4 nitrogen and oxygen atoms in total. The van der Waals surface area contributed by atoms with E-state index in [1.807, 2.05) is 4.68 Å².